The number of rotatable bonds is 7. The Kier molecular flexibility index (Phi) is 4.38. The smallest absolute Gasteiger partial charge is 0.256 e. The van der Waals surface area contributed by atoms with E-state index in [-0.39, 0.29) is 29.0 Å². The highest BCUT2D eigenvalue weighted by Gasteiger charge is 2.28. The van der Waals surface area contributed by atoms with Gasteiger partial charge in [-0.3, -0.25) is 9.59 Å². The quantitative estimate of drug-likeness (QED) is 0.566. The topological polar surface area (TPSA) is 158 Å². The molecular formula is C16H14N3O6S-. The molecule has 0 spiro atoms. The predicted octanol–water partition coefficient (Wildman–Crippen LogP) is -0.932. The standard InChI is InChI=1S/C16H15N3O6S/c17-13(20)7-5-11(16(22)23)19-26(24,25)12-6-4-10-14-8(12)2-1-3-9(14)15(21)18-10/h1-4,6,11,19H,5,7H2,(H2,17,20)(H,18,21)(H,22,23)/p-1/t11-/m0/s1. The van der Waals surface area contributed by atoms with Crippen LogP contribution in [0, 0.1) is 0 Å². The average Bonchev–Trinajstić information content (AvgIpc) is 2.89. The maximum absolute atomic E-state index is 12.7. The number of sulfonamides is 1. The van der Waals surface area contributed by atoms with Crippen LogP contribution in [0.25, 0.3) is 10.8 Å². The third kappa shape index (κ3) is 3.11. The number of carbonyl (C=O) groups excluding carboxylic acids is 3. The van der Waals surface area contributed by atoms with Crippen molar-refractivity contribution >= 4 is 44.3 Å². The van der Waals surface area contributed by atoms with E-state index in [2.05, 4.69) is 5.32 Å². The first kappa shape index (κ1) is 17.8. The molecule has 1 aliphatic heterocycles. The lowest BCUT2D eigenvalue weighted by atomic mass is 10.1. The Morgan fingerprint density at radius 3 is 2.62 bits per heavy atom. The third-order valence-corrected chi connectivity index (χ3v) is 5.57. The van der Waals surface area contributed by atoms with Gasteiger partial charge in [0.2, 0.25) is 15.9 Å². The summed E-state index contributed by atoms with van der Waals surface area (Å²) in [5.74, 6) is -2.77. The molecule has 0 unspecified atom stereocenters. The highest BCUT2D eigenvalue weighted by atomic mass is 32.2. The molecule has 1 heterocycles. The Morgan fingerprint density at radius 1 is 1.23 bits per heavy atom. The lowest BCUT2D eigenvalue weighted by molar-refractivity contribution is -0.308. The molecule has 0 aliphatic carbocycles. The SMILES string of the molecule is NC(=O)CC[C@H](NS(=O)(=O)c1ccc2c3c(cccc13)C(=O)N2)C(=O)[O-]. The molecule has 0 bridgehead atoms. The number of carboxylic acid groups (broad SMARTS) is 1. The lowest BCUT2D eigenvalue weighted by Crippen LogP contribution is -2.48. The molecule has 2 amide bonds. The fourth-order valence-corrected chi connectivity index (χ4v) is 4.28. The molecule has 26 heavy (non-hydrogen) atoms. The Morgan fingerprint density at radius 2 is 1.96 bits per heavy atom. The monoisotopic (exact) mass is 376 g/mol. The van der Waals surface area contributed by atoms with E-state index in [1.54, 1.807) is 6.07 Å². The minimum absolute atomic E-state index is 0.181. The van der Waals surface area contributed by atoms with E-state index in [9.17, 15) is 27.9 Å². The molecule has 0 radical (unpaired) electrons. The van der Waals surface area contributed by atoms with Crippen molar-refractivity contribution in [2.75, 3.05) is 5.32 Å². The van der Waals surface area contributed by atoms with Gasteiger partial charge in [-0.15, -0.1) is 0 Å². The number of carboxylic acids is 1. The summed E-state index contributed by atoms with van der Waals surface area (Å²) in [6.07, 6.45) is -0.651. The fourth-order valence-electron chi connectivity index (χ4n) is 2.86. The number of nitrogens with one attached hydrogen (secondary N) is 2. The zero-order valence-electron chi connectivity index (χ0n) is 13.3. The first-order valence-corrected chi connectivity index (χ1v) is 9.07. The molecule has 136 valence electrons. The summed E-state index contributed by atoms with van der Waals surface area (Å²) in [6.45, 7) is 0. The first-order chi connectivity index (χ1) is 12.2. The van der Waals surface area contributed by atoms with Crippen LogP contribution in [0.4, 0.5) is 5.69 Å². The minimum atomic E-state index is -4.26. The maximum atomic E-state index is 12.7. The highest BCUT2D eigenvalue weighted by Crippen LogP contribution is 2.36. The fraction of sp³-hybridized carbons (Fsp3) is 0.188. The first-order valence-electron chi connectivity index (χ1n) is 7.59. The van der Waals surface area contributed by atoms with Gasteiger partial charge in [0.25, 0.3) is 5.91 Å². The van der Waals surface area contributed by atoms with E-state index < -0.39 is 27.9 Å². The molecule has 0 saturated heterocycles. The van der Waals surface area contributed by atoms with Crippen LogP contribution in [0.15, 0.2) is 35.2 Å². The van der Waals surface area contributed by atoms with Gasteiger partial charge in [-0.1, -0.05) is 12.1 Å². The summed E-state index contributed by atoms with van der Waals surface area (Å²) in [6, 6.07) is 5.71. The van der Waals surface area contributed by atoms with E-state index in [0.717, 1.165) is 0 Å². The number of hydrogen-bond acceptors (Lipinski definition) is 6. The number of aliphatic carboxylic acids is 1. The molecule has 2 aromatic rings. The summed E-state index contributed by atoms with van der Waals surface area (Å²) in [7, 11) is -4.26. The zero-order chi connectivity index (χ0) is 19.1. The molecule has 10 heteroatoms. The van der Waals surface area contributed by atoms with Crippen molar-refractivity contribution < 1.29 is 27.9 Å². The van der Waals surface area contributed by atoms with Gasteiger partial charge >= 0.3 is 0 Å². The minimum Gasteiger partial charge on any atom is -0.548 e. The Hall–Kier alpha value is -2.98. The second-order valence-corrected chi connectivity index (χ2v) is 7.47. The number of benzene rings is 2. The van der Waals surface area contributed by atoms with Gasteiger partial charge in [-0.25, -0.2) is 13.1 Å². The number of anilines is 1. The highest BCUT2D eigenvalue weighted by molar-refractivity contribution is 7.89. The molecule has 3 rings (SSSR count). The van der Waals surface area contributed by atoms with Crippen LogP contribution in [0.3, 0.4) is 0 Å². The second-order valence-electron chi connectivity index (χ2n) is 5.79. The third-order valence-electron chi connectivity index (χ3n) is 4.04. The van der Waals surface area contributed by atoms with Gasteiger partial charge in [0.05, 0.1) is 16.9 Å². The van der Waals surface area contributed by atoms with Gasteiger partial charge in [0, 0.05) is 28.4 Å². The molecule has 0 fully saturated rings. The largest absolute Gasteiger partial charge is 0.548 e. The second kappa shape index (κ2) is 6.39. The normalized spacial score (nSPS) is 14.2. The number of nitrogens with two attached hydrogens (primary N) is 1. The van der Waals surface area contributed by atoms with Crippen LogP contribution in [-0.2, 0) is 19.6 Å². The van der Waals surface area contributed by atoms with Crippen LogP contribution in [0.1, 0.15) is 23.2 Å². The van der Waals surface area contributed by atoms with Gasteiger partial charge < -0.3 is 21.0 Å². The average molecular weight is 376 g/mol. The molecule has 2 aromatic carbocycles. The van der Waals surface area contributed by atoms with Crippen LogP contribution in [0.5, 0.6) is 0 Å². The van der Waals surface area contributed by atoms with Crippen molar-refractivity contribution in [1.82, 2.24) is 4.72 Å². The van der Waals surface area contributed by atoms with Gasteiger partial charge in [0.15, 0.2) is 0 Å². The molecule has 1 atom stereocenters. The summed E-state index contributed by atoms with van der Waals surface area (Å²) >= 11 is 0. The Balaban J connectivity index is 2.03. The van der Waals surface area contributed by atoms with Crippen LogP contribution in [0.2, 0.25) is 0 Å². The lowest BCUT2D eigenvalue weighted by Gasteiger charge is -2.20. The maximum Gasteiger partial charge on any atom is 0.256 e. The van der Waals surface area contributed by atoms with E-state index in [4.69, 9.17) is 5.73 Å². The number of amides is 2. The Labute approximate surface area is 148 Å². The van der Waals surface area contributed by atoms with Gasteiger partial charge in [-0.05, 0) is 24.6 Å². The van der Waals surface area contributed by atoms with Gasteiger partial charge in [-0.2, -0.15) is 0 Å². The van der Waals surface area contributed by atoms with Crippen molar-refractivity contribution in [2.45, 2.75) is 23.8 Å². The van der Waals surface area contributed by atoms with E-state index in [1.165, 1.54) is 24.3 Å². The van der Waals surface area contributed by atoms with E-state index in [1.807, 2.05) is 4.72 Å². The Bertz CT molecular complexity index is 1050. The summed E-state index contributed by atoms with van der Waals surface area (Å²) in [4.78, 5) is 33.8. The summed E-state index contributed by atoms with van der Waals surface area (Å²) < 4.78 is 27.4. The summed E-state index contributed by atoms with van der Waals surface area (Å²) in [5.41, 5.74) is 5.78. The molecular weight excluding hydrogens is 362 g/mol. The number of carbonyl (C=O) groups is 3. The summed E-state index contributed by atoms with van der Waals surface area (Å²) in [5, 5.41) is 14.6. The van der Waals surface area contributed by atoms with Crippen LogP contribution < -0.4 is 20.9 Å². The zero-order valence-corrected chi connectivity index (χ0v) is 14.1. The van der Waals surface area contributed by atoms with E-state index >= 15 is 0 Å². The number of primary amides is 1. The molecule has 9 nitrogen and oxygen atoms in total. The van der Waals surface area contributed by atoms with Crippen molar-refractivity contribution in [3.63, 3.8) is 0 Å². The van der Waals surface area contributed by atoms with Crippen LogP contribution in [-0.4, -0.2) is 32.2 Å². The van der Waals surface area contributed by atoms with Crippen molar-refractivity contribution in [3.05, 3.63) is 35.9 Å². The van der Waals surface area contributed by atoms with Crippen molar-refractivity contribution in [2.24, 2.45) is 5.73 Å². The number of hydrogen-bond donors (Lipinski definition) is 3. The predicted molar refractivity (Wildman–Crippen MR) is 89.4 cm³/mol. The molecule has 1 aliphatic rings. The molecule has 4 N–H and O–H groups in total. The van der Waals surface area contributed by atoms with Gasteiger partial charge in [0.1, 0.15) is 0 Å². The van der Waals surface area contributed by atoms with E-state index in [0.29, 0.717) is 16.6 Å². The van der Waals surface area contributed by atoms with Crippen molar-refractivity contribution in [1.29, 1.82) is 0 Å². The molecule has 0 saturated carbocycles. The van der Waals surface area contributed by atoms with Crippen molar-refractivity contribution in [3.8, 4) is 0 Å². The van der Waals surface area contributed by atoms with Crippen LogP contribution >= 0.6 is 0 Å². The molecule has 0 aromatic heterocycles.